The van der Waals surface area contributed by atoms with Crippen LogP contribution in [0.15, 0.2) is 54.6 Å². The van der Waals surface area contributed by atoms with Gasteiger partial charge in [-0.3, -0.25) is 0 Å². The predicted molar refractivity (Wildman–Crippen MR) is 114 cm³/mol. The number of halogens is 1. The minimum absolute atomic E-state index is 0.263. The summed E-state index contributed by atoms with van der Waals surface area (Å²) in [5.74, 6) is 0. The maximum atomic E-state index is 6.28. The van der Waals surface area contributed by atoms with Gasteiger partial charge in [0.15, 0.2) is 0 Å². The lowest BCUT2D eigenvalue weighted by Crippen LogP contribution is -2.39. The third-order valence-corrected chi connectivity index (χ3v) is 6.37. The summed E-state index contributed by atoms with van der Waals surface area (Å²) in [7, 11) is 0. The molecule has 1 aliphatic rings. The fraction of sp³-hybridized carbons (Fsp3) is 0.318. The van der Waals surface area contributed by atoms with Gasteiger partial charge in [0.25, 0.3) is 0 Å². The third-order valence-electron chi connectivity index (χ3n) is 4.93. The molecule has 1 saturated heterocycles. The first-order chi connectivity index (χ1) is 13.2. The summed E-state index contributed by atoms with van der Waals surface area (Å²) in [5, 5.41) is 1.77. The standard InChI is InChI=1S/C22H23ClN2OS/c1-16-21(27-22(24-16)17-9-11-18(23)12-10-17)15-26-20-8-5-13-25(14-20)19-6-3-2-4-7-19/h2-4,6-7,9-12,20H,5,8,13-15H2,1H3/t20-/m1/s1. The van der Waals surface area contributed by atoms with Crippen molar-refractivity contribution in [3.8, 4) is 10.6 Å². The molecule has 2 heterocycles. The Morgan fingerprint density at radius 2 is 1.93 bits per heavy atom. The van der Waals surface area contributed by atoms with Crippen molar-refractivity contribution in [1.82, 2.24) is 4.98 Å². The lowest BCUT2D eigenvalue weighted by Gasteiger charge is -2.34. The van der Waals surface area contributed by atoms with Gasteiger partial charge in [0.05, 0.1) is 23.3 Å². The lowest BCUT2D eigenvalue weighted by atomic mass is 10.1. The molecule has 27 heavy (non-hydrogen) atoms. The fourth-order valence-corrected chi connectivity index (χ4v) is 4.54. The number of hydrogen-bond acceptors (Lipinski definition) is 4. The number of piperidine rings is 1. The van der Waals surface area contributed by atoms with E-state index in [0.717, 1.165) is 47.2 Å². The summed E-state index contributed by atoms with van der Waals surface area (Å²) >= 11 is 7.70. The van der Waals surface area contributed by atoms with Crippen LogP contribution in [0.2, 0.25) is 5.02 Å². The van der Waals surface area contributed by atoms with Gasteiger partial charge in [-0.15, -0.1) is 11.3 Å². The van der Waals surface area contributed by atoms with Gasteiger partial charge in [0, 0.05) is 29.4 Å². The van der Waals surface area contributed by atoms with E-state index >= 15 is 0 Å². The molecule has 1 aromatic heterocycles. The number of rotatable bonds is 5. The second kappa shape index (κ2) is 8.42. The molecule has 0 unspecified atom stereocenters. The zero-order valence-electron chi connectivity index (χ0n) is 15.4. The zero-order valence-corrected chi connectivity index (χ0v) is 17.0. The quantitative estimate of drug-likeness (QED) is 0.530. The summed E-state index contributed by atoms with van der Waals surface area (Å²) in [4.78, 5) is 8.35. The molecule has 3 aromatic rings. The van der Waals surface area contributed by atoms with E-state index in [2.05, 4.69) is 42.2 Å². The van der Waals surface area contributed by atoms with Crippen molar-refractivity contribution in [2.45, 2.75) is 32.5 Å². The topological polar surface area (TPSA) is 25.4 Å². The molecule has 0 radical (unpaired) electrons. The van der Waals surface area contributed by atoms with Crippen molar-refractivity contribution in [3.05, 3.63) is 70.2 Å². The first-order valence-electron chi connectivity index (χ1n) is 9.33. The van der Waals surface area contributed by atoms with Gasteiger partial charge in [0.1, 0.15) is 5.01 Å². The molecule has 2 aromatic carbocycles. The van der Waals surface area contributed by atoms with Crippen molar-refractivity contribution >= 4 is 28.6 Å². The van der Waals surface area contributed by atoms with Crippen LogP contribution < -0.4 is 4.90 Å². The largest absolute Gasteiger partial charge is 0.371 e. The summed E-state index contributed by atoms with van der Waals surface area (Å²) < 4.78 is 6.28. The molecular formula is C22H23ClN2OS. The molecule has 0 saturated carbocycles. The van der Waals surface area contributed by atoms with Gasteiger partial charge >= 0.3 is 0 Å². The number of aryl methyl sites for hydroxylation is 1. The van der Waals surface area contributed by atoms with Crippen molar-refractivity contribution in [3.63, 3.8) is 0 Å². The highest BCUT2D eigenvalue weighted by Gasteiger charge is 2.21. The van der Waals surface area contributed by atoms with Crippen molar-refractivity contribution < 1.29 is 4.74 Å². The number of anilines is 1. The monoisotopic (exact) mass is 398 g/mol. The number of para-hydroxylation sites is 1. The highest BCUT2D eigenvalue weighted by atomic mass is 35.5. The maximum absolute atomic E-state index is 6.28. The Hall–Kier alpha value is -1.88. The second-order valence-corrected chi connectivity index (χ2v) is 8.41. The van der Waals surface area contributed by atoms with Crippen LogP contribution in [-0.4, -0.2) is 24.2 Å². The first-order valence-corrected chi connectivity index (χ1v) is 10.5. The van der Waals surface area contributed by atoms with Crippen molar-refractivity contribution in [2.75, 3.05) is 18.0 Å². The Kier molecular flexibility index (Phi) is 5.77. The van der Waals surface area contributed by atoms with Crippen LogP contribution in [0.5, 0.6) is 0 Å². The van der Waals surface area contributed by atoms with E-state index in [1.807, 2.05) is 24.3 Å². The van der Waals surface area contributed by atoms with E-state index < -0.39 is 0 Å². The minimum Gasteiger partial charge on any atom is -0.371 e. The SMILES string of the molecule is Cc1nc(-c2ccc(Cl)cc2)sc1CO[C@@H]1CCCN(c2ccccc2)C1. The Labute approximate surface area is 169 Å². The molecule has 0 bridgehead atoms. The van der Waals surface area contributed by atoms with E-state index in [9.17, 15) is 0 Å². The van der Waals surface area contributed by atoms with E-state index in [1.165, 1.54) is 10.6 Å². The Bertz CT molecular complexity index is 879. The number of ether oxygens (including phenoxy) is 1. The van der Waals surface area contributed by atoms with Gasteiger partial charge in [-0.05, 0) is 44.0 Å². The fourth-order valence-electron chi connectivity index (χ4n) is 3.42. The Morgan fingerprint density at radius 3 is 2.70 bits per heavy atom. The number of benzene rings is 2. The smallest absolute Gasteiger partial charge is 0.123 e. The van der Waals surface area contributed by atoms with Crippen LogP contribution in [-0.2, 0) is 11.3 Å². The van der Waals surface area contributed by atoms with Crippen LogP contribution in [0.1, 0.15) is 23.4 Å². The van der Waals surface area contributed by atoms with Gasteiger partial charge in [-0.2, -0.15) is 0 Å². The van der Waals surface area contributed by atoms with Crippen LogP contribution in [0.4, 0.5) is 5.69 Å². The van der Waals surface area contributed by atoms with Crippen molar-refractivity contribution in [1.29, 1.82) is 0 Å². The second-order valence-electron chi connectivity index (χ2n) is 6.89. The minimum atomic E-state index is 0.263. The number of thiazole rings is 1. The molecule has 0 N–H and O–H groups in total. The van der Waals surface area contributed by atoms with Gasteiger partial charge in [-0.25, -0.2) is 4.98 Å². The van der Waals surface area contributed by atoms with Gasteiger partial charge < -0.3 is 9.64 Å². The molecular weight excluding hydrogens is 376 g/mol. The molecule has 4 rings (SSSR count). The van der Waals surface area contributed by atoms with E-state index in [-0.39, 0.29) is 6.10 Å². The molecule has 1 aliphatic heterocycles. The van der Waals surface area contributed by atoms with Crippen LogP contribution in [0.25, 0.3) is 10.6 Å². The number of aromatic nitrogens is 1. The summed E-state index contributed by atoms with van der Waals surface area (Å²) in [6.07, 6.45) is 2.54. The number of nitrogens with zero attached hydrogens (tertiary/aromatic N) is 2. The van der Waals surface area contributed by atoms with Crippen LogP contribution >= 0.6 is 22.9 Å². The zero-order chi connectivity index (χ0) is 18.6. The summed E-state index contributed by atoms with van der Waals surface area (Å²) in [6.45, 7) is 4.74. The van der Waals surface area contributed by atoms with E-state index in [4.69, 9.17) is 21.3 Å². The van der Waals surface area contributed by atoms with Gasteiger partial charge in [0.2, 0.25) is 0 Å². The molecule has 0 spiro atoms. The van der Waals surface area contributed by atoms with E-state index in [1.54, 1.807) is 11.3 Å². The third kappa shape index (κ3) is 4.52. The lowest BCUT2D eigenvalue weighted by molar-refractivity contribution is 0.0327. The normalized spacial score (nSPS) is 17.3. The molecule has 5 heteroatoms. The first kappa shape index (κ1) is 18.5. The molecule has 1 fully saturated rings. The molecule has 3 nitrogen and oxygen atoms in total. The average Bonchev–Trinajstić information content (AvgIpc) is 3.08. The van der Waals surface area contributed by atoms with Crippen molar-refractivity contribution in [2.24, 2.45) is 0 Å². The summed E-state index contributed by atoms with van der Waals surface area (Å²) in [5.41, 5.74) is 3.44. The van der Waals surface area contributed by atoms with E-state index in [0.29, 0.717) is 6.61 Å². The maximum Gasteiger partial charge on any atom is 0.123 e. The highest BCUT2D eigenvalue weighted by Crippen LogP contribution is 2.30. The molecule has 140 valence electrons. The van der Waals surface area contributed by atoms with Gasteiger partial charge in [-0.1, -0.05) is 41.9 Å². The summed E-state index contributed by atoms with van der Waals surface area (Å²) in [6, 6.07) is 18.5. The Morgan fingerprint density at radius 1 is 1.15 bits per heavy atom. The predicted octanol–water partition coefficient (Wildman–Crippen LogP) is 5.96. The van der Waals surface area contributed by atoms with Crippen LogP contribution in [0.3, 0.4) is 0 Å². The molecule has 1 atom stereocenters. The van der Waals surface area contributed by atoms with Crippen LogP contribution in [0, 0.1) is 6.92 Å². The highest BCUT2D eigenvalue weighted by molar-refractivity contribution is 7.15. The average molecular weight is 399 g/mol. The molecule has 0 aliphatic carbocycles. The Balaban J connectivity index is 1.39. The molecule has 0 amide bonds. The number of hydrogen-bond donors (Lipinski definition) is 0.